The molecule has 0 unspecified atom stereocenters. The fourth-order valence-corrected chi connectivity index (χ4v) is 3.39. The van der Waals surface area contributed by atoms with Crippen LogP contribution in [0.3, 0.4) is 0 Å². The van der Waals surface area contributed by atoms with Gasteiger partial charge in [-0.05, 0) is 24.3 Å². The number of amides is 1. The van der Waals surface area contributed by atoms with E-state index in [0.29, 0.717) is 20.0 Å². The largest absolute Gasteiger partial charge is 0.297 e. The third-order valence-corrected chi connectivity index (χ3v) is 4.72. The van der Waals surface area contributed by atoms with Crippen LogP contribution in [-0.2, 0) is 0 Å². The second-order valence-electron chi connectivity index (χ2n) is 4.22. The highest BCUT2D eigenvalue weighted by atomic mass is 35.5. The van der Waals surface area contributed by atoms with Gasteiger partial charge in [0.05, 0.1) is 14.9 Å². The Morgan fingerprint density at radius 2 is 2.05 bits per heavy atom. The van der Waals surface area contributed by atoms with Crippen molar-refractivity contribution >= 4 is 45.3 Å². The second-order valence-corrected chi connectivity index (χ2v) is 6.79. The molecule has 0 atom stereocenters. The predicted octanol–water partition coefficient (Wildman–Crippen LogP) is 5.06. The van der Waals surface area contributed by atoms with Gasteiger partial charge in [0.1, 0.15) is 11.6 Å². The molecule has 0 saturated carbocycles. The van der Waals surface area contributed by atoms with Gasteiger partial charge in [-0.2, -0.15) is 0 Å². The zero-order valence-corrected chi connectivity index (χ0v) is 13.2. The summed E-state index contributed by atoms with van der Waals surface area (Å²) in [5.41, 5.74) is 0.513. The minimum atomic E-state index is -0.701. The topological polar surface area (TPSA) is 42.0 Å². The first kappa shape index (κ1) is 15.1. The molecule has 1 aromatic carbocycles. The molecule has 112 valence electrons. The average molecular weight is 357 g/mol. The van der Waals surface area contributed by atoms with Crippen LogP contribution in [0, 0.1) is 11.6 Å². The first-order chi connectivity index (χ1) is 10.5. The van der Waals surface area contributed by atoms with Crippen molar-refractivity contribution in [3.63, 3.8) is 0 Å². The molecule has 3 nitrogen and oxygen atoms in total. The highest BCUT2D eigenvalue weighted by molar-refractivity contribution is 7.18. The maximum Gasteiger partial charge on any atom is 0.267 e. The van der Waals surface area contributed by atoms with Crippen LogP contribution in [0.15, 0.2) is 35.7 Å². The number of thiazole rings is 1. The number of hydrogen-bond acceptors (Lipinski definition) is 4. The summed E-state index contributed by atoms with van der Waals surface area (Å²) in [7, 11) is 0. The van der Waals surface area contributed by atoms with Crippen LogP contribution in [0.5, 0.6) is 0 Å². The van der Waals surface area contributed by atoms with Crippen LogP contribution in [0.4, 0.5) is 13.9 Å². The van der Waals surface area contributed by atoms with Crippen molar-refractivity contribution < 1.29 is 13.6 Å². The summed E-state index contributed by atoms with van der Waals surface area (Å²) in [5, 5.41) is 4.53. The summed E-state index contributed by atoms with van der Waals surface area (Å²) < 4.78 is 27.1. The van der Waals surface area contributed by atoms with Crippen LogP contribution in [0.2, 0.25) is 4.34 Å². The zero-order chi connectivity index (χ0) is 15.7. The minimum absolute atomic E-state index is 0.178. The maximum atomic E-state index is 13.7. The van der Waals surface area contributed by atoms with Gasteiger partial charge in [0, 0.05) is 17.0 Å². The monoisotopic (exact) mass is 356 g/mol. The quantitative estimate of drug-likeness (QED) is 0.713. The van der Waals surface area contributed by atoms with Gasteiger partial charge in [-0.3, -0.25) is 10.1 Å². The van der Waals surface area contributed by atoms with E-state index in [-0.39, 0.29) is 11.5 Å². The Morgan fingerprint density at radius 3 is 2.73 bits per heavy atom. The molecule has 0 spiro atoms. The predicted molar refractivity (Wildman–Crippen MR) is 84.7 cm³/mol. The van der Waals surface area contributed by atoms with E-state index in [0.717, 1.165) is 34.8 Å². The molecular formula is C14H7ClF2N2OS2. The van der Waals surface area contributed by atoms with E-state index in [4.69, 9.17) is 11.6 Å². The third-order valence-electron chi connectivity index (χ3n) is 2.73. The van der Waals surface area contributed by atoms with Crippen LogP contribution < -0.4 is 5.32 Å². The fraction of sp³-hybridized carbons (Fsp3) is 0. The molecule has 1 N–H and O–H groups in total. The molecule has 0 fully saturated rings. The Balaban J connectivity index is 1.80. The van der Waals surface area contributed by atoms with E-state index in [9.17, 15) is 13.6 Å². The number of carbonyl (C=O) groups excluding carboxylic acids is 1. The molecule has 8 heteroatoms. The van der Waals surface area contributed by atoms with E-state index >= 15 is 0 Å². The first-order valence-corrected chi connectivity index (χ1v) is 8.08. The number of hydrogen-bond donors (Lipinski definition) is 1. The van der Waals surface area contributed by atoms with Crippen molar-refractivity contribution in [2.75, 3.05) is 5.32 Å². The summed E-state index contributed by atoms with van der Waals surface area (Å²) >= 11 is 8.08. The summed E-state index contributed by atoms with van der Waals surface area (Å²) in [5.74, 6) is -1.69. The lowest BCUT2D eigenvalue weighted by Crippen LogP contribution is -2.09. The summed E-state index contributed by atoms with van der Waals surface area (Å²) in [4.78, 5) is 16.6. The van der Waals surface area contributed by atoms with Gasteiger partial charge >= 0.3 is 0 Å². The highest BCUT2D eigenvalue weighted by Crippen LogP contribution is 2.28. The number of benzene rings is 1. The molecular weight excluding hydrogens is 350 g/mol. The number of nitrogens with one attached hydrogen (secondary N) is 1. The average Bonchev–Trinajstić information content (AvgIpc) is 3.08. The zero-order valence-electron chi connectivity index (χ0n) is 10.8. The molecule has 2 heterocycles. The van der Waals surface area contributed by atoms with Crippen LogP contribution >= 0.6 is 34.3 Å². The Labute approximate surface area is 137 Å². The number of thiophene rings is 1. The summed E-state index contributed by atoms with van der Waals surface area (Å²) in [6, 6.07) is 6.49. The molecule has 0 aliphatic carbocycles. The second kappa shape index (κ2) is 6.12. The summed E-state index contributed by atoms with van der Waals surface area (Å²) in [6.07, 6.45) is 0. The number of nitrogens with zero attached hydrogens (tertiary/aromatic N) is 1. The number of carbonyl (C=O) groups is 1. The van der Waals surface area contributed by atoms with E-state index in [1.807, 2.05) is 0 Å². The van der Waals surface area contributed by atoms with Gasteiger partial charge in [0.25, 0.3) is 5.91 Å². The maximum absolute atomic E-state index is 13.7. The molecule has 1 amide bonds. The van der Waals surface area contributed by atoms with E-state index in [1.54, 1.807) is 17.5 Å². The van der Waals surface area contributed by atoms with Crippen molar-refractivity contribution in [3.8, 4) is 11.3 Å². The molecule has 22 heavy (non-hydrogen) atoms. The first-order valence-electron chi connectivity index (χ1n) is 6.00. The standard InChI is InChI=1S/C14H7ClF2N2OS2/c15-12-4-3-11(22-12)13(20)19-14-18-10(6-21-14)8-2-1-7(16)5-9(8)17/h1-6H,(H,18,19,20). The van der Waals surface area contributed by atoms with Crippen LogP contribution in [-0.4, -0.2) is 10.9 Å². The number of aromatic nitrogens is 1. The van der Waals surface area contributed by atoms with Gasteiger partial charge in [0.2, 0.25) is 0 Å². The molecule has 0 aliphatic rings. The van der Waals surface area contributed by atoms with Gasteiger partial charge < -0.3 is 0 Å². The third kappa shape index (κ3) is 3.16. The van der Waals surface area contributed by atoms with Crippen molar-refractivity contribution in [1.82, 2.24) is 4.98 Å². The molecule has 0 aliphatic heterocycles. The molecule has 3 aromatic rings. The van der Waals surface area contributed by atoms with E-state index in [2.05, 4.69) is 10.3 Å². The number of halogens is 3. The number of rotatable bonds is 3. The normalized spacial score (nSPS) is 10.7. The lowest BCUT2D eigenvalue weighted by Gasteiger charge is -2.00. The molecule has 0 radical (unpaired) electrons. The SMILES string of the molecule is O=C(Nc1nc(-c2ccc(F)cc2F)cs1)c1ccc(Cl)s1. The molecule has 2 aromatic heterocycles. The van der Waals surface area contributed by atoms with Gasteiger partial charge in [-0.15, -0.1) is 22.7 Å². The minimum Gasteiger partial charge on any atom is -0.297 e. The lowest BCUT2D eigenvalue weighted by atomic mass is 10.1. The van der Waals surface area contributed by atoms with E-state index in [1.165, 1.54) is 6.07 Å². The van der Waals surface area contributed by atoms with E-state index < -0.39 is 11.6 Å². The highest BCUT2D eigenvalue weighted by Gasteiger charge is 2.14. The molecule has 0 bridgehead atoms. The van der Waals surface area contributed by atoms with Gasteiger partial charge in [0.15, 0.2) is 5.13 Å². The van der Waals surface area contributed by atoms with Gasteiger partial charge in [-0.1, -0.05) is 11.6 Å². The number of anilines is 1. The Morgan fingerprint density at radius 1 is 1.23 bits per heavy atom. The van der Waals surface area contributed by atoms with Crippen molar-refractivity contribution in [3.05, 3.63) is 56.6 Å². The Hall–Kier alpha value is -1.83. The lowest BCUT2D eigenvalue weighted by molar-refractivity contribution is 0.103. The van der Waals surface area contributed by atoms with Crippen molar-refractivity contribution in [2.24, 2.45) is 0 Å². The van der Waals surface area contributed by atoms with Crippen LogP contribution in [0.1, 0.15) is 9.67 Å². The molecule has 3 rings (SSSR count). The fourth-order valence-electron chi connectivity index (χ4n) is 1.75. The smallest absolute Gasteiger partial charge is 0.267 e. The Bertz CT molecular complexity index is 847. The van der Waals surface area contributed by atoms with Crippen LogP contribution in [0.25, 0.3) is 11.3 Å². The van der Waals surface area contributed by atoms with Gasteiger partial charge in [-0.25, -0.2) is 13.8 Å². The summed E-state index contributed by atoms with van der Waals surface area (Å²) in [6.45, 7) is 0. The van der Waals surface area contributed by atoms with Crippen molar-refractivity contribution in [2.45, 2.75) is 0 Å². The van der Waals surface area contributed by atoms with Crippen molar-refractivity contribution in [1.29, 1.82) is 0 Å². The molecule has 0 saturated heterocycles. The Kier molecular flexibility index (Phi) is 4.19.